The lowest BCUT2D eigenvalue weighted by Gasteiger charge is -2.21. The summed E-state index contributed by atoms with van der Waals surface area (Å²) in [6.07, 6.45) is 51.6. The van der Waals surface area contributed by atoms with Gasteiger partial charge >= 0.3 is 39.5 Å². The van der Waals surface area contributed by atoms with Crippen molar-refractivity contribution < 1.29 is 80.2 Å². The second-order valence-corrected chi connectivity index (χ2v) is 32.3. The highest BCUT2D eigenvalue weighted by Gasteiger charge is 2.30. The highest BCUT2D eigenvalue weighted by Crippen LogP contribution is 2.45. The fourth-order valence-corrected chi connectivity index (χ4v) is 13.3. The van der Waals surface area contributed by atoms with E-state index < -0.39 is 97.5 Å². The predicted molar refractivity (Wildman–Crippen MR) is 391 cm³/mol. The molecule has 19 heteroatoms. The first-order valence-corrected chi connectivity index (χ1v) is 42.7. The van der Waals surface area contributed by atoms with Gasteiger partial charge < -0.3 is 33.8 Å². The first-order valence-electron chi connectivity index (χ1n) is 39.7. The van der Waals surface area contributed by atoms with E-state index in [2.05, 4.69) is 55.4 Å². The molecule has 0 amide bonds. The number of aliphatic hydroxyl groups is 1. The Balaban J connectivity index is 5.16. The molecule has 0 bridgehead atoms. The Morgan fingerprint density at radius 1 is 0.292 bits per heavy atom. The van der Waals surface area contributed by atoms with Crippen LogP contribution in [0.25, 0.3) is 0 Å². The molecule has 0 aliphatic rings. The average Bonchev–Trinajstić information content (AvgIpc) is 1.12. The topological polar surface area (TPSA) is 237 Å². The minimum absolute atomic E-state index is 0.105. The molecule has 0 aliphatic heterocycles. The summed E-state index contributed by atoms with van der Waals surface area (Å²) in [5.74, 6) is 0.919. The summed E-state index contributed by atoms with van der Waals surface area (Å²) in [5, 5.41) is 10.6. The van der Waals surface area contributed by atoms with Crippen molar-refractivity contribution in [1.29, 1.82) is 0 Å². The molecule has 3 N–H and O–H groups in total. The second-order valence-electron chi connectivity index (χ2n) is 29.4. The Bertz CT molecular complexity index is 1890. The maximum atomic E-state index is 13.1. The van der Waals surface area contributed by atoms with Gasteiger partial charge in [0.05, 0.1) is 26.4 Å². The highest BCUT2D eigenvalue weighted by atomic mass is 31.2. The molecule has 0 aromatic rings. The number of hydrogen-bond donors (Lipinski definition) is 3. The third kappa shape index (κ3) is 69.2. The van der Waals surface area contributed by atoms with E-state index in [1.54, 1.807) is 0 Å². The lowest BCUT2D eigenvalue weighted by molar-refractivity contribution is -0.161. The van der Waals surface area contributed by atoms with Crippen LogP contribution in [-0.2, 0) is 65.4 Å². The number of rotatable bonds is 74. The van der Waals surface area contributed by atoms with Crippen LogP contribution in [-0.4, -0.2) is 96.7 Å². The monoisotopic (exact) mass is 1410 g/mol. The molecule has 0 aromatic carbocycles. The molecule has 0 saturated carbocycles. The molecule has 0 rings (SSSR count). The molecule has 0 radical (unpaired) electrons. The highest BCUT2D eigenvalue weighted by molar-refractivity contribution is 7.47. The third-order valence-electron chi connectivity index (χ3n) is 18.2. The number of carbonyl (C=O) groups excluding carboxylic acids is 4. The predicted octanol–water partition coefficient (Wildman–Crippen LogP) is 22.4. The van der Waals surface area contributed by atoms with Crippen LogP contribution in [0.5, 0.6) is 0 Å². The second kappa shape index (κ2) is 66.3. The minimum atomic E-state index is -4.96. The van der Waals surface area contributed by atoms with Crippen molar-refractivity contribution in [3.63, 3.8) is 0 Å². The molecule has 0 fully saturated rings. The third-order valence-corrected chi connectivity index (χ3v) is 20.1. The maximum absolute atomic E-state index is 13.1. The van der Waals surface area contributed by atoms with Gasteiger partial charge in [0.25, 0.3) is 0 Å². The fraction of sp³-hybridized carbons (Fsp3) is 0.948. The van der Waals surface area contributed by atoms with E-state index in [0.717, 1.165) is 114 Å². The van der Waals surface area contributed by atoms with Gasteiger partial charge in [0.1, 0.15) is 19.3 Å². The van der Waals surface area contributed by atoms with Gasteiger partial charge in [-0.05, 0) is 49.4 Å². The first kappa shape index (κ1) is 94.1. The van der Waals surface area contributed by atoms with E-state index in [9.17, 15) is 43.2 Å². The van der Waals surface area contributed by atoms with Crippen LogP contribution in [0.15, 0.2) is 0 Å². The van der Waals surface area contributed by atoms with Crippen LogP contribution in [0, 0.1) is 23.7 Å². The Hall–Kier alpha value is -1.94. The molecule has 17 nitrogen and oxygen atoms in total. The summed E-state index contributed by atoms with van der Waals surface area (Å²) in [6, 6.07) is 0. The van der Waals surface area contributed by atoms with Gasteiger partial charge in [-0.2, -0.15) is 0 Å². The van der Waals surface area contributed by atoms with Crippen molar-refractivity contribution >= 4 is 39.5 Å². The molecule has 0 aliphatic carbocycles. The number of ether oxygens (including phenoxy) is 4. The molecular formula is C77H150O17P2. The van der Waals surface area contributed by atoms with Crippen LogP contribution >= 0.6 is 15.6 Å². The SMILES string of the molecule is CCC(C)CCCCCCCCCCCCCCCCCCCCC(=O)O[C@H](COC(=O)CCCCCCCCC(C)C)COP(=O)(O)OCC(O)COP(=O)(O)OC[C@@H](COC(=O)CCCCCCCCCCC(C)C)OC(=O)CCCCCCCCCCCCCC(C)C. The van der Waals surface area contributed by atoms with Crippen LogP contribution in [0.2, 0.25) is 0 Å². The molecule has 4 unspecified atom stereocenters. The summed E-state index contributed by atoms with van der Waals surface area (Å²) >= 11 is 0. The zero-order valence-corrected chi connectivity index (χ0v) is 64.8. The zero-order chi connectivity index (χ0) is 71.0. The van der Waals surface area contributed by atoms with Crippen molar-refractivity contribution in [1.82, 2.24) is 0 Å². The van der Waals surface area contributed by atoms with Gasteiger partial charge in [-0.3, -0.25) is 37.3 Å². The smallest absolute Gasteiger partial charge is 0.462 e. The van der Waals surface area contributed by atoms with E-state index in [4.69, 9.17) is 37.0 Å². The van der Waals surface area contributed by atoms with Crippen LogP contribution in [0.3, 0.4) is 0 Å². The molecule has 0 aromatic heterocycles. The van der Waals surface area contributed by atoms with E-state index in [1.807, 2.05) is 0 Å². The van der Waals surface area contributed by atoms with E-state index in [1.165, 1.54) is 186 Å². The van der Waals surface area contributed by atoms with Crippen LogP contribution < -0.4 is 0 Å². The Labute approximate surface area is 588 Å². The molecule has 0 heterocycles. The van der Waals surface area contributed by atoms with Crippen molar-refractivity contribution in [2.24, 2.45) is 23.7 Å². The molecule has 6 atom stereocenters. The molecule has 96 heavy (non-hydrogen) atoms. The van der Waals surface area contributed by atoms with Gasteiger partial charge in [-0.15, -0.1) is 0 Å². The quantitative estimate of drug-likeness (QED) is 0.0222. The van der Waals surface area contributed by atoms with Crippen molar-refractivity contribution in [2.75, 3.05) is 39.6 Å². The van der Waals surface area contributed by atoms with Gasteiger partial charge in [-0.1, -0.05) is 338 Å². The van der Waals surface area contributed by atoms with E-state index >= 15 is 0 Å². The largest absolute Gasteiger partial charge is 0.472 e. The molecule has 570 valence electrons. The fourth-order valence-electron chi connectivity index (χ4n) is 11.7. The molecule has 0 saturated heterocycles. The minimum Gasteiger partial charge on any atom is -0.462 e. The van der Waals surface area contributed by atoms with Gasteiger partial charge in [0.15, 0.2) is 12.2 Å². The summed E-state index contributed by atoms with van der Waals surface area (Å²) in [7, 11) is -9.91. The maximum Gasteiger partial charge on any atom is 0.472 e. The zero-order valence-electron chi connectivity index (χ0n) is 63.0. The number of unbranched alkanes of at least 4 members (excludes halogenated alkanes) is 39. The average molecular weight is 1410 g/mol. The van der Waals surface area contributed by atoms with Crippen molar-refractivity contribution in [2.45, 2.75) is 408 Å². The van der Waals surface area contributed by atoms with Gasteiger partial charge in [-0.25, -0.2) is 9.13 Å². The number of hydrogen-bond acceptors (Lipinski definition) is 15. The Morgan fingerprint density at radius 2 is 0.500 bits per heavy atom. The standard InChI is InChI=1S/C77H150O17P2/c1-9-70(8)56-48-40-31-24-20-16-14-12-10-11-13-15-17-21-25-33-43-51-59-76(81)94-73(64-88-75(80)58-50-42-36-35-39-47-55-69(6)7)66-92-96(85,86)90-62-71(78)61-89-95(83,84)91-65-72(63-87-74(79)57-49-41-32-28-27-30-38-46-54-68(4)5)93-77(82)60-52-44-34-26-22-18-19-23-29-37-45-53-67(2)3/h67-73,78H,9-66H2,1-8H3,(H,83,84)(H,85,86)/t70?,71?,72-,73-/m1/s1. The van der Waals surface area contributed by atoms with E-state index in [-0.39, 0.29) is 25.7 Å². The molecule has 0 spiro atoms. The lowest BCUT2D eigenvalue weighted by atomic mass is 9.99. The van der Waals surface area contributed by atoms with E-state index in [0.29, 0.717) is 31.6 Å². The Morgan fingerprint density at radius 3 is 0.740 bits per heavy atom. The van der Waals surface area contributed by atoms with Crippen LogP contribution in [0.4, 0.5) is 0 Å². The summed E-state index contributed by atoms with van der Waals surface area (Å²) in [6.45, 7) is 14.2. The van der Waals surface area contributed by atoms with Crippen molar-refractivity contribution in [3.8, 4) is 0 Å². The van der Waals surface area contributed by atoms with Gasteiger partial charge in [0.2, 0.25) is 0 Å². The number of esters is 4. The number of carbonyl (C=O) groups is 4. The first-order chi connectivity index (χ1) is 46.1. The Kier molecular flexibility index (Phi) is 65.0. The van der Waals surface area contributed by atoms with Gasteiger partial charge in [0, 0.05) is 25.7 Å². The number of phosphoric ester groups is 2. The number of phosphoric acid groups is 2. The number of aliphatic hydroxyl groups excluding tert-OH is 1. The summed E-state index contributed by atoms with van der Waals surface area (Å²) in [5.41, 5.74) is 0. The van der Waals surface area contributed by atoms with Crippen LogP contribution in [0.1, 0.15) is 389 Å². The van der Waals surface area contributed by atoms with Crippen molar-refractivity contribution in [3.05, 3.63) is 0 Å². The normalized spacial score (nSPS) is 14.4. The lowest BCUT2D eigenvalue weighted by Crippen LogP contribution is -2.30. The molecular weight excluding hydrogens is 1260 g/mol. The summed E-state index contributed by atoms with van der Waals surface area (Å²) < 4.78 is 68.5. The summed E-state index contributed by atoms with van der Waals surface area (Å²) in [4.78, 5) is 72.7.